The summed E-state index contributed by atoms with van der Waals surface area (Å²) in [7, 11) is 0. The number of aliphatic hydroxyl groups is 2. The molecular formula is C12H10F2N2O4. The van der Waals surface area contributed by atoms with Crippen molar-refractivity contribution >= 4 is 11.0 Å². The standard InChI is InChI=1S/C12H10F2N2O4/c13-4-1-6-7(2-5(4)14)16-11-10(20-12(16)15-6)9(18)8(3-17)19-11/h1-2,8-11,17-18H,3H2/t8-,9-,10-,11+/m1/s1. The van der Waals surface area contributed by atoms with Gasteiger partial charge in [0.2, 0.25) is 0 Å². The molecule has 2 aliphatic heterocycles. The molecule has 4 rings (SSSR count). The van der Waals surface area contributed by atoms with Crippen molar-refractivity contribution < 1.29 is 28.5 Å². The Kier molecular flexibility index (Phi) is 2.33. The minimum atomic E-state index is -1.01. The molecule has 0 spiro atoms. The zero-order valence-electron chi connectivity index (χ0n) is 10.0. The van der Waals surface area contributed by atoms with Crippen LogP contribution in [0.4, 0.5) is 8.78 Å². The van der Waals surface area contributed by atoms with Crippen LogP contribution in [-0.2, 0) is 4.74 Å². The smallest absolute Gasteiger partial charge is 0.300 e. The molecule has 2 aromatic rings. The van der Waals surface area contributed by atoms with Gasteiger partial charge in [-0.15, -0.1) is 0 Å². The van der Waals surface area contributed by atoms with Crippen LogP contribution >= 0.6 is 0 Å². The third-order valence-electron chi connectivity index (χ3n) is 3.69. The summed E-state index contributed by atoms with van der Waals surface area (Å²) < 4.78 is 39.0. The fourth-order valence-electron chi connectivity index (χ4n) is 2.72. The van der Waals surface area contributed by atoms with Crippen LogP contribution in [0.1, 0.15) is 6.23 Å². The van der Waals surface area contributed by atoms with Crippen molar-refractivity contribution in [1.82, 2.24) is 9.55 Å². The van der Waals surface area contributed by atoms with Gasteiger partial charge in [-0.3, -0.25) is 4.57 Å². The number of benzene rings is 1. The Labute approximate surface area is 111 Å². The van der Waals surface area contributed by atoms with Crippen molar-refractivity contribution in [3.05, 3.63) is 23.8 Å². The molecule has 2 aliphatic rings. The molecule has 8 heteroatoms. The van der Waals surface area contributed by atoms with E-state index in [1.54, 1.807) is 0 Å². The second-order valence-electron chi connectivity index (χ2n) is 4.84. The molecule has 0 bridgehead atoms. The average Bonchev–Trinajstić information content (AvgIpc) is 3.01. The molecule has 0 aliphatic carbocycles. The van der Waals surface area contributed by atoms with Gasteiger partial charge in [-0.05, 0) is 0 Å². The van der Waals surface area contributed by atoms with Gasteiger partial charge in [0.15, 0.2) is 24.0 Å². The number of halogens is 2. The highest BCUT2D eigenvalue weighted by Crippen LogP contribution is 2.42. The van der Waals surface area contributed by atoms with Crippen molar-refractivity contribution in [2.24, 2.45) is 0 Å². The molecule has 1 aromatic heterocycles. The molecular weight excluding hydrogens is 274 g/mol. The van der Waals surface area contributed by atoms with Crippen molar-refractivity contribution in [1.29, 1.82) is 0 Å². The zero-order chi connectivity index (χ0) is 14.0. The third kappa shape index (κ3) is 1.38. The molecule has 1 fully saturated rings. The summed E-state index contributed by atoms with van der Waals surface area (Å²) in [6.07, 6.45) is -3.22. The van der Waals surface area contributed by atoms with Gasteiger partial charge in [0.25, 0.3) is 6.01 Å². The Balaban J connectivity index is 1.86. The largest absolute Gasteiger partial charge is 0.454 e. The van der Waals surface area contributed by atoms with Gasteiger partial charge < -0.3 is 19.7 Å². The van der Waals surface area contributed by atoms with E-state index in [9.17, 15) is 13.9 Å². The van der Waals surface area contributed by atoms with Gasteiger partial charge >= 0.3 is 0 Å². The molecule has 2 N–H and O–H groups in total. The highest BCUT2D eigenvalue weighted by atomic mass is 19.2. The normalized spacial score (nSPS) is 31.4. The summed E-state index contributed by atoms with van der Waals surface area (Å²) in [6, 6.07) is 2.12. The Morgan fingerprint density at radius 2 is 2.05 bits per heavy atom. The van der Waals surface area contributed by atoms with Gasteiger partial charge in [0, 0.05) is 12.1 Å². The quantitative estimate of drug-likeness (QED) is 0.789. The predicted octanol–water partition coefficient (Wildman–Crippen LogP) is 0.326. The van der Waals surface area contributed by atoms with Gasteiger partial charge in [-0.2, -0.15) is 4.98 Å². The first-order valence-corrected chi connectivity index (χ1v) is 6.08. The van der Waals surface area contributed by atoms with Crippen molar-refractivity contribution in [3.8, 4) is 6.01 Å². The van der Waals surface area contributed by atoms with Gasteiger partial charge in [-0.1, -0.05) is 0 Å². The Hall–Kier alpha value is -1.77. The van der Waals surface area contributed by atoms with Gasteiger partial charge in [0.1, 0.15) is 12.2 Å². The summed E-state index contributed by atoms with van der Waals surface area (Å²) in [6.45, 7) is -0.359. The molecule has 4 atom stereocenters. The number of hydrogen-bond donors (Lipinski definition) is 2. The minimum Gasteiger partial charge on any atom is -0.454 e. The first kappa shape index (κ1) is 12.0. The predicted molar refractivity (Wildman–Crippen MR) is 61.1 cm³/mol. The van der Waals surface area contributed by atoms with E-state index in [0.29, 0.717) is 5.52 Å². The zero-order valence-corrected chi connectivity index (χ0v) is 10.0. The Morgan fingerprint density at radius 3 is 2.80 bits per heavy atom. The third-order valence-corrected chi connectivity index (χ3v) is 3.69. The number of nitrogens with zero attached hydrogens (tertiary/aromatic N) is 2. The molecule has 20 heavy (non-hydrogen) atoms. The lowest BCUT2D eigenvalue weighted by atomic mass is 10.1. The number of ether oxygens (including phenoxy) is 2. The maximum absolute atomic E-state index is 13.4. The average molecular weight is 284 g/mol. The van der Waals surface area contributed by atoms with Crippen LogP contribution < -0.4 is 4.74 Å². The van der Waals surface area contributed by atoms with E-state index in [0.717, 1.165) is 12.1 Å². The number of fused-ring (bicyclic) bond motifs is 5. The number of aromatic nitrogens is 2. The van der Waals surface area contributed by atoms with Crippen LogP contribution in [-0.4, -0.2) is 44.7 Å². The van der Waals surface area contributed by atoms with E-state index in [1.165, 1.54) is 4.57 Å². The highest BCUT2D eigenvalue weighted by molar-refractivity contribution is 5.77. The topological polar surface area (TPSA) is 76.7 Å². The summed E-state index contributed by atoms with van der Waals surface area (Å²) >= 11 is 0. The molecule has 0 amide bonds. The van der Waals surface area contributed by atoms with Gasteiger partial charge in [0.05, 0.1) is 17.6 Å². The molecule has 6 nitrogen and oxygen atoms in total. The molecule has 0 radical (unpaired) electrons. The number of rotatable bonds is 1. The molecule has 0 unspecified atom stereocenters. The fourth-order valence-corrected chi connectivity index (χ4v) is 2.72. The Bertz CT molecular complexity index is 704. The molecule has 0 saturated carbocycles. The lowest BCUT2D eigenvalue weighted by Gasteiger charge is -2.13. The Morgan fingerprint density at radius 1 is 1.30 bits per heavy atom. The second-order valence-corrected chi connectivity index (χ2v) is 4.84. The van der Waals surface area contributed by atoms with Crippen LogP contribution in [0.2, 0.25) is 0 Å². The SMILES string of the molecule is OC[C@H]1O[C@H]2[C@H](Oc3nc4cc(F)c(F)cc4n32)[C@@H]1O. The van der Waals surface area contributed by atoms with Gasteiger partial charge in [-0.25, -0.2) is 8.78 Å². The van der Waals surface area contributed by atoms with E-state index in [1.807, 2.05) is 0 Å². The van der Waals surface area contributed by atoms with Crippen LogP contribution in [0.5, 0.6) is 6.01 Å². The van der Waals surface area contributed by atoms with E-state index < -0.39 is 36.2 Å². The summed E-state index contributed by atoms with van der Waals surface area (Å²) in [4.78, 5) is 4.04. The van der Waals surface area contributed by atoms with Crippen LogP contribution in [0, 0.1) is 11.6 Å². The minimum absolute atomic E-state index is 0.135. The lowest BCUT2D eigenvalue weighted by molar-refractivity contribution is -0.0418. The number of imidazole rings is 1. The number of aliphatic hydroxyl groups excluding tert-OH is 2. The lowest BCUT2D eigenvalue weighted by Crippen LogP contribution is -2.34. The highest BCUT2D eigenvalue weighted by Gasteiger charge is 2.51. The van der Waals surface area contributed by atoms with E-state index in [4.69, 9.17) is 14.6 Å². The molecule has 1 saturated heterocycles. The maximum Gasteiger partial charge on any atom is 0.300 e. The second kappa shape index (κ2) is 3.87. The van der Waals surface area contributed by atoms with Crippen molar-refractivity contribution in [2.45, 2.75) is 24.5 Å². The van der Waals surface area contributed by atoms with E-state index >= 15 is 0 Å². The van der Waals surface area contributed by atoms with E-state index in [2.05, 4.69) is 4.98 Å². The monoisotopic (exact) mass is 284 g/mol. The van der Waals surface area contributed by atoms with Crippen molar-refractivity contribution in [3.63, 3.8) is 0 Å². The first-order valence-electron chi connectivity index (χ1n) is 6.08. The van der Waals surface area contributed by atoms with Crippen LogP contribution in [0.15, 0.2) is 12.1 Å². The maximum atomic E-state index is 13.4. The van der Waals surface area contributed by atoms with Crippen molar-refractivity contribution in [2.75, 3.05) is 6.61 Å². The fraction of sp³-hybridized carbons (Fsp3) is 0.417. The van der Waals surface area contributed by atoms with E-state index in [-0.39, 0.29) is 18.1 Å². The first-order chi connectivity index (χ1) is 9.60. The molecule has 106 valence electrons. The summed E-state index contributed by atoms with van der Waals surface area (Å²) in [5, 5.41) is 19.0. The summed E-state index contributed by atoms with van der Waals surface area (Å²) in [5.41, 5.74) is 0.556. The summed E-state index contributed by atoms with van der Waals surface area (Å²) in [5.74, 6) is -1.99. The molecule has 3 heterocycles. The molecule has 1 aromatic carbocycles. The van der Waals surface area contributed by atoms with Crippen LogP contribution in [0.3, 0.4) is 0 Å². The number of hydrogen-bond acceptors (Lipinski definition) is 5. The van der Waals surface area contributed by atoms with Crippen LogP contribution in [0.25, 0.3) is 11.0 Å².